The molecule has 0 amide bonds. The summed E-state index contributed by atoms with van der Waals surface area (Å²) in [4.78, 5) is 11.5. The molecular formula is C16H23BrO4S. The number of aliphatic hydroxyl groups excluding tert-OH is 1. The highest BCUT2D eigenvalue weighted by atomic mass is 79.9. The van der Waals surface area contributed by atoms with Crippen LogP contribution in [0.5, 0.6) is 0 Å². The third kappa shape index (κ3) is 7.13. The van der Waals surface area contributed by atoms with Crippen LogP contribution in [0.1, 0.15) is 25.3 Å². The summed E-state index contributed by atoms with van der Waals surface area (Å²) in [5.74, 6) is 0.0189. The van der Waals surface area contributed by atoms with Crippen molar-refractivity contribution in [2.24, 2.45) is 5.41 Å². The molecule has 0 radical (unpaired) electrons. The number of hydrogen-bond donors (Lipinski definition) is 2. The highest BCUT2D eigenvalue weighted by molar-refractivity contribution is 9.10. The Hall–Kier alpha value is -0.560. The van der Waals surface area contributed by atoms with E-state index in [1.807, 2.05) is 18.2 Å². The average Bonchev–Trinajstić information content (AvgIpc) is 2.43. The zero-order valence-corrected chi connectivity index (χ0v) is 15.3. The van der Waals surface area contributed by atoms with E-state index in [0.29, 0.717) is 12.4 Å². The summed E-state index contributed by atoms with van der Waals surface area (Å²) in [7, 11) is 0. The Kier molecular flexibility index (Phi) is 8.46. The number of halogens is 1. The van der Waals surface area contributed by atoms with Gasteiger partial charge in [0.15, 0.2) is 0 Å². The minimum absolute atomic E-state index is 0.0554. The highest BCUT2D eigenvalue weighted by Crippen LogP contribution is 2.24. The van der Waals surface area contributed by atoms with Gasteiger partial charge in [-0.25, -0.2) is 0 Å². The van der Waals surface area contributed by atoms with Gasteiger partial charge in [0.1, 0.15) is 5.92 Å². The van der Waals surface area contributed by atoms with Crippen molar-refractivity contribution in [2.75, 3.05) is 31.3 Å². The maximum Gasteiger partial charge on any atom is 0.313 e. The summed E-state index contributed by atoms with van der Waals surface area (Å²) < 4.78 is 6.53. The lowest BCUT2D eigenvalue weighted by atomic mass is 9.97. The van der Waals surface area contributed by atoms with Crippen molar-refractivity contribution in [3.05, 3.63) is 34.3 Å². The lowest BCUT2D eigenvalue weighted by molar-refractivity contribution is -0.140. The van der Waals surface area contributed by atoms with Gasteiger partial charge in [0.05, 0.1) is 19.8 Å². The first-order chi connectivity index (χ1) is 10.4. The van der Waals surface area contributed by atoms with Crippen LogP contribution in [-0.2, 0) is 9.53 Å². The Morgan fingerprint density at radius 2 is 2.18 bits per heavy atom. The predicted molar refractivity (Wildman–Crippen MR) is 93.5 cm³/mol. The Bertz CT molecular complexity index is 479. The molecule has 0 saturated heterocycles. The first kappa shape index (κ1) is 19.5. The first-order valence-corrected chi connectivity index (χ1v) is 9.05. The first-order valence-electron chi connectivity index (χ1n) is 7.10. The number of benzene rings is 1. The number of carboxylic acids is 1. The third-order valence-corrected chi connectivity index (χ3v) is 5.00. The molecule has 0 bridgehead atoms. The fourth-order valence-electron chi connectivity index (χ4n) is 1.94. The fraction of sp³-hybridized carbons (Fsp3) is 0.562. The van der Waals surface area contributed by atoms with Gasteiger partial charge in [-0.15, -0.1) is 0 Å². The van der Waals surface area contributed by atoms with Gasteiger partial charge in [0.25, 0.3) is 0 Å². The van der Waals surface area contributed by atoms with Crippen molar-refractivity contribution in [3.8, 4) is 0 Å². The van der Waals surface area contributed by atoms with Crippen LogP contribution in [0.15, 0.2) is 28.7 Å². The van der Waals surface area contributed by atoms with Crippen LogP contribution in [0, 0.1) is 5.41 Å². The zero-order chi connectivity index (χ0) is 16.6. The van der Waals surface area contributed by atoms with E-state index in [1.165, 1.54) is 0 Å². The Labute approximate surface area is 144 Å². The van der Waals surface area contributed by atoms with E-state index in [-0.39, 0.29) is 18.6 Å². The molecule has 0 fully saturated rings. The van der Waals surface area contributed by atoms with Crippen LogP contribution in [0.3, 0.4) is 0 Å². The van der Waals surface area contributed by atoms with Crippen molar-refractivity contribution in [1.82, 2.24) is 0 Å². The van der Waals surface area contributed by atoms with E-state index in [4.69, 9.17) is 9.84 Å². The van der Waals surface area contributed by atoms with Crippen LogP contribution in [0.25, 0.3) is 0 Å². The zero-order valence-electron chi connectivity index (χ0n) is 12.9. The minimum atomic E-state index is -0.884. The van der Waals surface area contributed by atoms with Crippen LogP contribution >= 0.6 is 27.7 Å². The molecule has 1 rings (SSSR count). The van der Waals surface area contributed by atoms with E-state index in [0.717, 1.165) is 15.8 Å². The van der Waals surface area contributed by atoms with Gasteiger partial charge in [0.2, 0.25) is 0 Å². The molecule has 4 nitrogen and oxygen atoms in total. The number of thioether (sulfide) groups is 1. The van der Waals surface area contributed by atoms with Crippen LogP contribution in [0.2, 0.25) is 0 Å². The van der Waals surface area contributed by atoms with Crippen LogP contribution in [0.4, 0.5) is 0 Å². The number of carbonyl (C=O) groups is 1. The Balaban J connectivity index is 2.53. The van der Waals surface area contributed by atoms with Gasteiger partial charge in [-0.3, -0.25) is 4.79 Å². The van der Waals surface area contributed by atoms with E-state index >= 15 is 0 Å². The van der Waals surface area contributed by atoms with Crippen molar-refractivity contribution in [2.45, 2.75) is 19.8 Å². The molecule has 0 aliphatic heterocycles. The molecule has 1 aromatic rings. The average molecular weight is 391 g/mol. The molecule has 0 spiro atoms. The summed E-state index contributed by atoms with van der Waals surface area (Å²) in [6, 6.07) is 7.30. The number of aliphatic hydroxyl groups is 1. The summed E-state index contributed by atoms with van der Waals surface area (Å²) in [5, 5.41) is 18.2. The molecule has 2 N–H and O–H groups in total. The molecule has 1 unspecified atom stereocenters. The summed E-state index contributed by atoms with van der Waals surface area (Å²) >= 11 is 5.03. The second-order valence-corrected chi connectivity index (χ2v) is 7.92. The van der Waals surface area contributed by atoms with E-state index in [2.05, 4.69) is 29.8 Å². The molecule has 124 valence electrons. The molecular weight excluding hydrogens is 368 g/mol. The molecule has 6 heteroatoms. The lowest BCUT2D eigenvalue weighted by Crippen LogP contribution is -2.26. The number of aliphatic carboxylic acids is 1. The van der Waals surface area contributed by atoms with Crippen LogP contribution in [-0.4, -0.2) is 47.5 Å². The van der Waals surface area contributed by atoms with E-state index in [9.17, 15) is 9.90 Å². The van der Waals surface area contributed by atoms with Gasteiger partial charge < -0.3 is 14.9 Å². The quantitative estimate of drug-likeness (QED) is 0.599. The summed E-state index contributed by atoms with van der Waals surface area (Å²) in [6.07, 6.45) is 0. The lowest BCUT2D eigenvalue weighted by Gasteiger charge is -2.25. The largest absolute Gasteiger partial charge is 0.481 e. The Morgan fingerprint density at radius 3 is 2.77 bits per heavy atom. The Morgan fingerprint density at radius 1 is 1.45 bits per heavy atom. The summed E-state index contributed by atoms with van der Waals surface area (Å²) in [5.41, 5.74) is 0.675. The van der Waals surface area contributed by atoms with Gasteiger partial charge >= 0.3 is 5.97 Å². The number of carboxylic acid groups (broad SMARTS) is 1. The third-order valence-electron chi connectivity index (χ3n) is 3.05. The van der Waals surface area contributed by atoms with Gasteiger partial charge in [-0.05, 0) is 23.1 Å². The molecule has 0 aliphatic carbocycles. The number of rotatable bonds is 10. The van der Waals surface area contributed by atoms with E-state index in [1.54, 1.807) is 17.8 Å². The second-order valence-electron chi connectivity index (χ2n) is 5.90. The number of hydrogen-bond acceptors (Lipinski definition) is 4. The monoisotopic (exact) mass is 390 g/mol. The fourth-order valence-corrected chi connectivity index (χ4v) is 3.27. The highest BCUT2D eigenvalue weighted by Gasteiger charge is 2.23. The normalized spacial score (nSPS) is 13.1. The van der Waals surface area contributed by atoms with Crippen molar-refractivity contribution < 1.29 is 19.7 Å². The van der Waals surface area contributed by atoms with Gasteiger partial charge in [0, 0.05) is 16.0 Å². The van der Waals surface area contributed by atoms with Gasteiger partial charge in [-0.1, -0.05) is 41.9 Å². The maximum atomic E-state index is 11.5. The molecule has 0 aromatic heterocycles. The van der Waals surface area contributed by atoms with Crippen molar-refractivity contribution in [1.29, 1.82) is 0 Å². The molecule has 0 aliphatic rings. The molecule has 0 heterocycles. The topological polar surface area (TPSA) is 66.8 Å². The smallest absolute Gasteiger partial charge is 0.313 e. The molecule has 22 heavy (non-hydrogen) atoms. The van der Waals surface area contributed by atoms with E-state index < -0.39 is 11.9 Å². The summed E-state index contributed by atoms with van der Waals surface area (Å²) in [6.45, 7) is 4.97. The maximum absolute atomic E-state index is 11.5. The molecule has 1 atom stereocenters. The van der Waals surface area contributed by atoms with Crippen molar-refractivity contribution >= 4 is 33.7 Å². The number of ether oxygens (including phenoxy) is 1. The standard InChI is InChI=1S/C16H23BrO4S/c1-16(2,11-22-7-6-18)10-21-9-14(15(19)20)12-4-3-5-13(17)8-12/h3-5,8,14,18H,6-7,9-11H2,1-2H3,(H,19,20). The second kappa shape index (κ2) is 9.55. The van der Waals surface area contributed by atoms with Crippen LogP contribution < -0.4 is 0 Å². The predicted octanol–water partition coefficient (Wildman–Crippen LogP) is 3.39. The molecule has 0 saturated carbocycles. The SMILES string of the molecule is CC(C)(COCC(C(=O)O)c1cccc(Br)c1)CSCCO. The minimum Gasteiger partial charge on any atom is -0.481 e. The van der Waals surface area contributed by atoms with Crippen molar-refractivity contribution in [3.63, 3.8) is 0 Å². The van der Waals surface area contributed by atoms with Gasteiger partial charge in [-0.2, -0.15) is 11.8 Å². The molecule has 1 aromatic carbocycles.